The lowest BCUT2D eigenvalue weighted by Crippen LogP contribution is -2.40. The highest BCUT2D eigenvalue weighted by molar-refractivity contribution is 7.99. The average Bonchev–Trinajstić information content (AvgIpc) is 2.74. The minimum Gasteiger partial charge on any atom is -0.379 e. The van der Waals surface area contributed by atoms with Crippen LogP contribution in [0.1, 0.15) is 11.1 Å². The van der Waals surface area contributed by atoms with E-state index in [2.05, 4.69) is 17.4 Å². The number of hydrogen-bond acceptors (Lipinski definition) is 5. The summed E-state index contributed by atoms with van der Waals surface area (Å²) in [5, 5.41) is 2.82. The zero-order valence-corrected chi connectivity index (χ0v) is 18.1. The van der Waals surface area contributed by atoms with Crippen molar-refractivity contribution in [3.8, 4) is 0 Å². The standard InChI is InChI=1S/C21H26N2O4S2/c1-17-7-8-19(15-20(17)29(25,26)23-10-12-27-13-11-23)22-21(24)16-28-14-9-18-5-3-2-4-6-18/h2-8,15H,9-14,16H2,1H3,(H,22,24). The molecule has 1 heterocycles. The molecule has 156 valence electrons. The van der Waals surface area contributed by atoms with E-state index in [1.54, 1.807) is 36.9 Å². The molecule has 2 aromatic carbocycles. The first-order valence-electron chi connectivity index (χ1n) is 9.57. The highest BCUT2D eigenvalue weighted by Crippen LogP contribution is 2.24. The van der Waals surface area contributed by atoms with Crippen LogP contribution >= 0.6 is 11.8 Å². The molecule has 0 bridgehead atoms. The van der Waals surface area contributed by atoms with Crippen molar-refractivity contribution in [2.45, 2.75) is 18.2 Å². The Hall–Kier alpha value is -1.87. The predicted molar refractivity (Wildman–Crippen MR) is 117 cm³/mol. The molecule has 0 saturated carbocycles. The smallest absolute Gasteiger partial charge is 0.243 e. The summed E-state index contributed by atoms with van der Waals surface area (Å²) in [4.78, 5) is 12.5. The van der Waals surface area contributed by atoms with Gasteiger partial charge in [0.15, 0.2) is 0 Å². The van der Waals surface area contributed by atoms with E-state index < -0.39 is 10.0 Å². The molecule has 1 amide bonds. The van der Waals surface area contributed by atoms with E-state index >= 15 is 0 Å². The topological polar surface area (TPSA) is 75.7 Å². The van der Waals surface area contributed by atoms with Crippen molar-refractivity contribution in [1.82, 2.24) is 4.31 Å². The number of sulfonamides is 1. The molecule has 1 saturated heterocycles. The fourth-order valence-electron chi connectivity index (χ4n) is 3.08. The van der Waals surface area contributed by atoms with Crippen LogP contribution in [0.5, 0.6) is 0 Å². The number of nitrogens with one attached hydrogen (secondary N) is 1. The van der Waals surface area contributed by atoms with Crippen LogP contribution in [0.4, 0.5) is 5.69 Å². The molecule has 0 atom stereocenters. The Morgan fingerprint density at radius 2 is 1.86 bits per heavy atom. The molecule has 6 nitrogen and oxygen atoms in total. The Labute approximate surface area is 176 Å². The second kappa shape index (κ2) is 10.2. The molecule has 0 spiro atoms. The van der Waals surface area contributed by atoms with Gasteiger partial charge in [0.05, 0.1) is 23.9 Å². The first-order chi connectivity index (χ1) is 14.0. The van der Waals surface area contributed by atoms with Crippen molar-refractivity contribution < 1.29 is 17.9 Å². The highest BCUT2D eigenvalue weighted by atomic mass is 32.2. The third-order valence-electron chi connectivity index (χ3n) is 4.67. The normalized spacial score (nSPS) is 15.2. The van der Waals surface area contributed by atoms with Gasteiger partial charge in [0.1, 0.15) is 0 Å². The van der Waals surface area contributed by atoms with Crippen molar-refractivity contribution in [1.29, 1.82) is 0 Å². The van der Waals surface area contributed by atoms with Crippen molar-refractivity contribution in [2.75, 3.05) is 43.1 Å². The van der Waals surface area contributed by atoms with Crippen LogP contribution in [0.3, 0.4) is 0 Å². The molecule has 0 unspecified atom stereocenters. The van der Waals surface area contributed by atoms with Gasteiger partial charge in [-0.2, -0.15) is 16.1 Å². The zero-order chi connectivity index (χ0) is 20.7. The summed E-state index contributed by atoms with van der Waals surface area (Å²) in [5.74, 6) is 1.04. The fraction of sp³-hybridized carbons (Fsp3) is 0.381. The number of thioether (sulfide) groups is 1. The Balaban J connectivity index is 1.57. The summed E-state index contributed by atoms with van der Waals surface area (Å²) in [6.45, 7) is 3.25. The number of anilines is 1. The van der Waals surface area contributed by atoms with E-state index in [1.807, 2.05) is 18.2 Å². The number of hydrogen-bond donors (Lipinski definition) is 1. The van der Waals surface area contributed by atoms with Gasteiger partial charge in [0.25, 0.3) is 0 Å². The second-order valence-electron chi connectivity index (χ2n) is 6.83. The molecule has 0 radical (unpaired) electrons. The minimum absolute atomic E-state index is 0.137. The van der Waals surface area contributed by atoms with Crippen LogP contribution in [0.25, 0.3) is 0 Å². The van der Waals surface area contributed by atoms with Crippen LogP contribution < -0.4 is 5.32 Å². The maximum atomic E-state index is 12.9. The molecule has 1 N–H and O–H groups in total. The maximum Gasteiger partial charge on any atom is 0.243 e. The lowest BCUT2D eigenvalue weighted by Gasteiger charge is -2.26. The van der Waals surface area contributed by atoms with Crippen molar-refractivity contribution in [3.63, 3.8) is 0 Å². The highest BCUT2D eigenvalue weighted by Gasteiger charge is 2.28. The lowest BCUT2D eigenvalue weighted by atomic mass is 10.2. The molecule has 3 rings (SSSR count). The van der Waals surface area contributed by atoms with Crippen LogP contribution in [0.15, 0.2) is 53.4 Å². The number of aryl methyl sites for hydroxylation is 2. The van der Waals surface area contributed by atoms with Gasteiger partial charge >= 0.3 is 0 Å². The van der Waals surface area contributed by atoms with Crippen LogP contribution in [-0.2, 0) is 26.0 Å². The van der Waals surface area contributed by atoms with E-state index in [-0.39, 0.29) is 10.8 Å². The van der Waals surface area contributed by atoms with Crippen LogP contribution in [0, 0.1) is 6.92 Å². The van der Waals surface area contributed by atoms with Gasteiger partial charge < -0.3 is 10.1 Å². The van der Waals surface area contributed by atoms with Gasteiger partial charge in [-0.3, -0.25) is 4.79 Å². The van der Waals surface area contributed by atoms with E-state index in [4.69, 9.17) is 4.74 Å². The molecule has 1 aliphatic heterocycles. The molecular formula is C21H26N2O4S2. The maximum absolute atomic E-state index is 12.9. The van der Waals surface area contributed by atoms with E-state index in [1.165, 1.54) is 9.87 Å². The van der Waals surface area contributed by atoms with E-state index in [0.717, 1.165) is 12.2 Å². The summed E-state index contributed by atoms with van der Waals surface area (Å²) in [6, 6.07) is 15.2. The third kappa shape index (κ3) is 6.05. The number of amides is 1. The summed E-state index contributed by atoms with van der Waals surface area (Å²) in [7, 11) is -3.61. The number of rotatable bonds is 8. The molecular weight excluding hydrogens is 408 g/mol. The largest absolute Gasteiger partial charge is 0.379 e. The summed E-state index contributed by atoms with van der Waals surface area (Å²) >= 11 is 1.56. The lowest BCUT2D eigenvalue weighted by molar-refractivity contribution is -0.113. The number of ether oxygens (including phenoxy) is 1. The van der Waals surface area contributed by atoms with Gasteiger partial charge in [-0.15, -0.1) is 0 Å². The first-order valence-corrected chi connectivity index (χ1v) is 12.2. The summed E-state index contributed by atoms with van der Waals surface area (Å²) in [5.41, 5.74) is 2.40. The quantitative estimate of drug-likeness (QED) is 0.647. The van der Waals surface area contributed by atoms with E-state index in [0.29, 0.717) is 43.3 Å². The minimum atomic E-state index is -3.61. The fourth-order valence-corrected chi connectivity index (χ4v) is 5.52. The number of benzene rings is 2. The van der Waals surface area contributed by atoms with Gasteiger partial charge in [-0.05, 0) is 42.4 Å². The van der Waals surface area contributed by atoms with Crippen molar-refractivity contribution in [3.05, 3.63) is 59.7 Å². The second-order valence-corrected chi connectivity index (χ2v) is 9.84. The summed E-state index contributed by atoms with van der Waals surface area (Å²) in [6.07, 6.45) is 0.908. The molecule has 1 fully saturated rings. The van der Waals surface area contributed by atoms with Gasteiger partial charge in [-0.1, -0.05) is 36.4 Å². The number of nitrogens with zero attached hydrogens (tertiary/aromatic N) is 1. The molecule has 0 aliphatic carbocycles. The van der Waals surface area contributed by atoms with Gasteiger partial charge in [-0.25, -0.2) is 8.42 Å². The van der Waals surface area contributed by atoms with Crippen molar-refractivity contribution >= 4 is 33.4 Å². The van der Waals surface area contributed by atoms with Crippen LogP contribution in [0.2, 0.25) is 0 Å². The number of morpholine rings is 1. The zero-order valence-electron chi connectivity index (χ0n) is 16.5. The van der Waals surface area contributed by atoms with E-state index in [9.17, 15) is 13.2 Å². The number of carbonyl (C=O) groups is 1. The van der Waals surface area contributed by atoms with Gasteiger partial charge in [0, 0.05) is 18.8 Å². The predicted octanol–water partition coefficient (Wildman–Crippen LogP) is 2.93. The average molecular weight is 435 g/mol. The third-order valence-corrected chi connectivity index (χ3v) is 7.67. The Bertz CT molecular complexity index is 927. The van der Waals surface area contributed by atoms with Gasteiger partial charge in [0.2, 0.25) is 15.9 Å². The Morgan fingerprint density at radius 1 is 1.14 bits per heavy atom. The molecule has 1 aliphatic rings. The van der Waals surface area contributed by atoms with Crippen molar-refractivity contribution in [2.24, 2.45) is 0 Å². The summed E-state index contributed by atoms with van der Waals surface area (Å²) < 4.78 is 32.6. The Morgan fingerprint density at radius 3 is 2.59 bits per heavy atom. The van der Waals surface area contributed by atoms with Crippen LogP contribution in [-0.4, -0.2) is 56.4 Å². The first kappa shape index (κ1) is 21.8. The number of carbonyl (C=O) groups excluding carboxylic acids is 1. The molecule has 8 heteroatoms. The molecule has 0 aromatic heterocycles. The Kier molecular flexibility index (Phi) is 7.71. The SMILES string of the molecule is Cc1ccc(NC(=O)CSCCc2ccccc2)cc1S(=O)(=O)N1CCOCC1. The monoisotopic (exact) mass is 434 g/mol. The molecule has 2 aromatic rings. The molecule has 29 heavy (non-hydrogen) atoms.